The number of allylic oxidation sites excluding steroid dienone is 2. The van der Waals surface area contributed by atoms with Gasteiger partial charge in [-0.15, -0.1) is 0 Å². The van der Waals surface area contributed by atoms with Crippen LogP contribution in [0.15, 0.2) is 23.3 Å². The lowest BCUT2D eigenvalue weighted by Crippen LogP contribution is -2.68. The van der Waals surface area contributed by atoms with E-state index in [-0.39, 0.29) is 29.3 Å². The Balaban J connectivity index is 2.28. The zero-order chi connectivity index (χ0) is 18.2. The Morgan fingerprint density at radius 1 is 0.958 bits per heavy atom. The molecule has 4 rings (SSSR count). The molecule has 2 N–H and O–H groups in total. The number of fused-ring (bicyclic) bond motifs is 1. The molecule has 0 radical (unpaired) electrons. The summed E-state index contributed by atoms with van der Waals surface area (Å²) in [5.74, 6) is -1.86. The highest BCUT2D eigenvalue weighted by atomic mass is 16.3. The van der Waals surface area contributed by atoms with Gasteiger partial charge in [-0.25, -0.2) is 0 Å². The third-order valence-corrected chi connectivity index (χ3v) is 6.46. The van der Waals surface area contributed by atoms with E-state index in [1.807, 2.05) is 19.9 Å². The van der Waals surface area contributed by atoms with Gasteiger partial charge in [-0.1, -0.05) is 44.9 Å². The predicted octanol–water partition coefficient (Wildman–Crippen LogP) is 2.30. The summed E-state index contributed by atoms with van der Waals surface area (Å²) in [4.78, 5) is 25.6. The fourth-order valence-electron chi connectivity index (χ4n) is 5.12. The minimum atomic E-state index is -1.56. The summed E-state index contributed by atoms with van der Waals surface area (Å²) in [5.41, 5.74) is -1.13. The molecule has 4 nitrogen and oxygen atoms in total. The van der Waals surface area contributed by atoms with Crippen LogP contribution in [0.2, 0.25) is 0 Å². The van der Waals surface area contributed by atoms with E-state index in [1.165, 1.54) is 13.8 Å². The van der Waals surface area contributed by atoms with Gasteiger partial charge in [-0.05, 0) is 31.8 Å². The van der Waals surface area contributed by atoms with Crippen LogP contribution >= 0.6 is 0 Å². The van der Waals surface area contributed by atoms with Gasteiger partial charge in [-0.3, -0.25) is 9.59 Å². The molecule has 4 aliphatic carbocycles. The molecule has 0 spiro atoms. The number of carbonyl (C=O) groups excluding carboxylic acids is 2. The maximum absolute atomic E-state index is 13.1. The van der Waals surface area contributed by atoms with E-state index in [9.17, 15) is 19.8 Å². The molecular weight excluding hydrogens is 304 g/mol. The predicted molar refractivity (Wildman–Crippen MR) is 91.1 cm³/mol. The summed E-state index contributed by atoms with van der Waals surface area (Å²) in [7, 11) is 0. The number of carbonyl (C=O) groups is 2. The summed E-state index contributed by atoms with van der Waals surface area (Å²) < 4.78 is 0. The van der Waals surface area contributed by atoms with E-state index in [2.05, 4.69) is 13.8 Å². The van der Waals surface area contributed by atoms with E-state index in [0.29, 0.717) is 0 Å². The number of aliphatic hydroxyl groups is 2. The molecule has 0 aliphatic heterocycles. The Labute approximate surface area is 143 Å². The van der Waals surface area contributed by atoms with Crippen LogP contribution in [0, 0.1) is 35.5 Å². The molecule has 132 valence electrons. The zero-order valence-electron chi connectivity index (χ0n) is 15.3. The van der Waals surface area contributed by atoms with Gasteiger partial charge in [0.05, 0.1) is 0 Å². The first-order valence-corrected chi connectivity index (χ1v) is 8.88. The van der Waals surface area contributed by atoms with Crippen molar-refractivity contribution in [2.45, 2.75) is 52.7 Å². The average Bonchev–Trinajstić information content (AvgIpc) is 2.46. The Kier molecular flexibility index (Phi) is 3.75. The number of hydrogen-bond acceptors (Lipinski definition) is 4. The lowest BCUT2D eigenvalue weighted by molar-refractivity contribution is -0.178. The minimum Gasteiger partial charge on any atom is -0.382 e. The molecule has 1 fully saturated rings. The van der Waals surface area contributed by atoms with Crippen LogP contribution in [-0.4, -0.2) is 33.0 Å². The van der Waals surface area contributed by atoms with Gasteiger partial charge in [0.1, 0.15) is 11.2 Å². The fraction of sp³-hybridized carbons (Fsp3) is 0.700. The summed E-state index contributed by atoms with van der Waals surface area (Å²) in [5, 5.41) is 21.8. The first-order valence-electron chi connectivity index (χ1n) is 8.88. The van der Waals surface area contributed by atoms with Crippen LogP contribution in [-0.2, 0) is 9.59 Å². The van der Waals surface area contributed by atoms with Crippen LogP contribution in [0.25, 0.3) is 0 Å². The van der Waals surface area contributed by atoms with E-state index >= 15 is 0 Å². The second-order valence-corrected chi connectivity index (χ2v) is 8.70. The normalized spacial score (nSPS) is 44.8. The van der Waals surface area contributed by atoms with Gasteiger partial charge in [0.15, 0.2) is 11.6 Å². The molecular formula is C20H28O4. The van der Waals surface area contributed by atoms with Gasteiger partial charge in [0.25, 0.3) is 0 Å². The van der Waals surface area contributed by atoms with Crippen molar-refractivity contribution in [3.8, 4) is 0 Å². The van der Waals surface area contributed by atoms with E-state index in [1.54, 1.807) is 6.08 Å². The molecule has 0 amide bonds. The lowest BCUT2D eigenvalue weighted by atomic mass is 9.45. The standard InChI is InChI=1S/C20H28O4/c1-9(2)11-7-13-17-15(16(11)18(22)19(13,5)23)12(10(3)4)8-14(21)20(17,6)24/h7-10,13,15-17,23-24H,1-6H3/t13-,15+,16+,17-,19+,20+/m1/s1. The summed E-state index contributed by atoms with van der Waals surface area (Å²) >= 11 is 0. The van der Waals surface area contributed by atoms with Crippen LogP contribution < -0.4 is 0 Å². The molecule has 2 bridgehead atoms. The van der Waals surface area contributed by atoms with Crippen molar-refractivity contribution in [2.75, 3.05) is 0 Å². The Morgan fingerprint density at radius 2 is 1.50 bits per heavy atom. The first-order chi connectivity index (χ1) is 10.9. The molecule has 0 aromatic carbocycles. The number of Topliss-reactive ketones (excluding diaryl/α,β-unsaturated/α-hetero) is 1. The van der Waals surface area contributed by atoms with Gasteiger partial charge in [0, 0.05) is 23.7 Å². The highest BCUT2D eigenvalue weighted by Crippen LogP contribution is 2.59. The SMILES string of the molecule is CC(C)C1=C[C@@H]2[C@@H]3[C@@H](C(C(C)C)=CC(=O)[C@]3(C)O)[C@H]1C(=O)[C@@]2(C)O. The monoisotopic (exact) mass is 332 g/mol. The molecule has 24 heavy (non-hydrogen) atoms. The molecule has 0 aromatic heterocycles. The van der Waals surface area contributed by atoms with Crippen molar-refractivity contribution in [1.29, 1.82) is 0 Å². The van der Waals surface area contributed by atoms with Crippen molar-refractivity contribution in [3.05, 3.63) is 23.3 Å². The molecule has 4 aliphatic rings. The first kappa shape index (κ1) is 17.6. The summed E-state index contributed by atoms with van der Waals surface area (Å²) in [6.45, 7) is 11.2. The largest absolute Gasteiger partial charge is 0.382 e. The maximum atomic E-state index is 13.1. The molecule has 1 saturated carbocycles. The third-order valence-electron chi connectivity index (χ3n) is 6.46. The van der Waals surface area contributed by atoms with E-state index < -0.39 is 29.0 Å². The van der Waals surface area contributed by atoms with Crippen LogP contribution in [0.3, 0.4) is 0 Å². The number of rotatable bonds is 2. The summed E-state index contributed by atoms with van der Waals surface area (Å²) in [6.07, 6.45) is 3.51. The Hall–Kier alpha value is -1.26. The van der Waals surface area contributed by atoms with Crippen LogP contribution in [0.4, 0.5) is 0 Å². The van der Waals surface area contributed by atoms with Crippen molar-refractivity contribution >= 4 is 11.6 Å². The quantitative estimate of drug-likeness (QED) is 0.761. The van der Waals surface area contributed by atoms with Gasteiger partial charge in [0.2, 0.25) is 0 Å². The van der Waals surface area contributed by atoms with Crippen molar-refractivity contribution in [3.63, 3.8) is 0 Å². The van der Waals surface area contributed by atoms with Crippen molar-refractivity contribution < 1.29 is 19.8 Å². The molecule has 4 heteroatoms. The van der Waals surface area contributed by atoms with Gasteiger partial charge in [-0.2, -0.15) is 0 Å². The second kappa shape index (κ2) is 5.12. The van der Waals surface area contributed by atoms with Crippen LogP contribution in [0.5, 0.6) is 0 Å². The highest BCUT2D eigenvalue weighted by molar-refractivity contribution is 6.01. The van der Waals surface area contributed by atoms with Crippen LogP contribution in [0.1, 0.15) is 41.5 Å². The fourth-order valence-corrected chi connectivity index (χ4v) is 5.12. The number of ketones is 2. The Bertz CT molecular complexity index is 663. The topological polar surface area (TPSA) is 74.6 Å². The lowest BCUT2D eigenvalue weighted by Gasteiger charge is -2.59. The maximum Gasteiger partial charge on any atom is 0.187 e. The molecule has 0 heterocycles. The van der Waals surface area contributed by atoms with Crippen molar-refractivity contribution in [1.82, 2.24) is 0 Å². The molecule has 0 aromatic rings. The van der Waals surface area contributed by atoms with Gasteiger partial charge < -0.3 is 10.2 Å². The second-order valence-electron chi connectivity index (χ2n) is 8.70. The summed E-state index contributed by atoms with van der Waals surface area (Å²) in [6, 6.07) is 0. The smallest absolute Gasteiger partial charge is 0.187 e. The zero-order valence-corrected chi connectivity index (χ0v) is 15.3. The minimum absolute atomic E-state index is 0.114. The highest BCUT2D eigenvalue weighted by Gasteiger charge is 2.66. The molecule has 0 saturated heterocycles. The number of hydrogen-bond donors (Lipinski definition) is 2. The van der Waals surface area contributed by atoms with E-state index in [0.717, 1.165) is 11.1 Å². The third kappa shape index (κ3) is 2.05. The van der Waals surface area contributed by atoms with Crippen molar-refractivity contribution in [2.24, 2.45) is 35.5 Å². The molecule has 0 unspecified atom stereocenters. The molecule has 6 atom stereocenters. The van der Waals surface area contributed by atoms with E-state index in [4.69, 9.17) is 0 Å². The average molecular weight is 332 g/mol. The van der Waals surface area contributed by atoms with Gasteiger partial charge >= 0.3 is 0 Å². The Morgan fingerprint density at radius 3 is 2.00 bits per heavy atom.